The van der Waals surface area contributed by atoms with E-state index in [2.05, 4.69) is 6.92 Å². The Morgan fingerprint density at radius 1 is 0.654 bits per heavy atom. The van der Waals surface area contributed by atoms with Crippen LogP contribution in [0.3, 0.4) is 0 Å². The molecule has 26 heavy (non-hydrogen) atoms. The Balaban J connectivity index is 3.71. The molecule has 0 rings (SSSR count). The second kappa shape index (κ2) is 17.0. The SMILES string of the molecule is CCCCCCCCCCCC(CCCCCCCC(C)O)S(=O)(=O)O. The molecule has 0 aromatic carbocycles. The summed E-state index contributed by atoms with van der Waals surface area (Å²) in [6.07, 6.45) is 17.8. The third-order valence-corrected chi connectivity index (χ3v) is 6.51. The largest absolute Gasteiger partial charge is 0.393 e. The molecule has 2 N–H and O–H groups in total. The molecule has 158 valence electrons. The van der Waals surface area contributed by atoms with E-state index in [1.54, 1.807) is 0 Å². The fourth-order valence-corrected chi connectivity index (χ4v) is 4.40. The molecule has 0 aliphatic rings. The van der Waals surface area contributed by atoms with Crippen LogP contribution in [-0.4, -0.2) is 29.4 Å². The maximum atomic E-state index is 11.6. The zero-order valence-corrected chi connectivity index (χ0v) is 18.1. The van der Waals surface area contributed by atoms with Crippen molar-refractivity contribution < 1.29 is 18.1 Å². The summed E-state index contributed by atoms with van der Waals surface area (Å²) in [7, 11) is -3.91. The number of rotatable bonds is 19. The lowest BCUT2D eigenvalue weighted by molar-refractivity contribution is 0.180. The van der Waals surface area contributed by atoms with Crippen molar-refractivity contribution in [3.05, 3.63) is 0 Å². The van der Waals surface area contributed by atoms with Gasteiger partial charge >= 0.3 is 0 Å². The molecule has 0 heterocycles. The first-order valence-corrected chi connectivity index (χ1v) is 12.5. The van der Waals surface area contributed by atoms with Crippen LogP contribution in [0.4, 0.5) is 0 Å². The van der Waals surface area contributed by atoms with Crippen molar-refractivity contribution in [2.45, 2.75) is 134 Å². The Labute approximate surface area is 162 Å². The van der Waals surface area contributed by atoms with Gasteiger partial charge in [0.25, 0.3) is 10.1 Å². The van der Waals surface area contributed by atoms with Crippen molar-refractivity contribution in [2.24, 2.45) is 0 Å². The average Bonchev–Trinajstić information content (AvgIpc) is 2.56. The van der Waals surface area contributed by atoms with E-state index in [0.717, 1.165) is 51.4 Å². The van der Waals surface area contributed by atoms with Crippen molar-refractivity contribution in [1.29, 1.82) is 0 Å². The Morgan fingerprint density at radius 3 is 1.35 bits per heavy atom. The van der Waals surface area contributed by atoms with Gasteiger partial charge in [0.15, 0.2) is 0 Å². The van der Waals surface area contributed by atoms with Crippen LogP contribution in [-0.2, 0) is 10.1 Å². The van der Waals surface area contributed by atoms with Crippen LogP contribution in [0.5, 0.6) is 0 Å². The first-order chi connectivity index (χ1) is 12.4. The molecule has 0 saturated heterocycles. The van der Waals surface area contributed by atoms with Gasteiger partial charge in [0.1, 0.15) is 0 Å². The molecule has 0 aliphatic carbocycles. The van der Waals surface area contributed by atoms with E-state index < -0.39 is 15.4 Å². The summed E-state index contributed by atoms with van der Waals surface area (Å²) < 4.78 is 32.6. The van der Waals surface area contributed by atoms with E-state index in [1.165, 1.54) is 44.9 Å². The smallest absolute Gasteiger partial charge is 0.267 e. The number of aliphatic hydroxyl groups excluding tert-OH is 1. The van der Waals surface area contributed by atoms with E-state index >= 15 is 0 Å². The maximum Gasteiger partial charge on any atom is 0.267 e. The second-order valence-electron chi connectivity index (χ2n) is 7.95. The number of hydrogen-bond donors (Lipinski definition) is 2. The molecule has 0 bridgehead atoms. The highest BCUT2D eigenvalue weighted by Crippen LogP contribution is 2.19. The van der Waals surface area contributed by atoms with Crippen molar-refractivity contribution in [2.75, 3.05) is 0 Å². The molecular weight excluding hydrogens is 348 g/mol. The van der Waals surface area contributed by atoms with Crippen molar-refractivity contribution in [1.82, 2.24) is 0 Å². The van der Waals surface area contributed by atoms with Crippen LogP contribution in [0.15, 0.2) is 0 Å². The topological polar surface area (TPSA) is 74.6 Å². The van der Waals surface area contributed by atoms with Crippen LogP contribution in [0, 0.1) is 0 Å². The molecule has 0 saturated carbocycles. The van der Waals surface area contributed by atoms with Gasteiger partial charge in [-0.1, -0.05) is 96.8 Å². The summed E-state index contributed by atoms with van der Waals surface area (Å²) in [4.78, 5) is 0. The predicted octanol–water partition coefficient (Wildman–Crippen LogP) is 6.28. The first-order valence-electron chi connectivity index (χ1n) is 11.0. The number of aliphatic hydroxyl groups is 1. The fraction of sp³-hybridized carbons (Fsp3) is 1.00. The Morgan fingerprint density at radius 2 is 1.00 bits per heavy atom. The van der Waals surface area contributed by atoms with Crippen molar-refractivity contribution in [3.63, 3.8) is 0 Å². The summed E-state index contributed by atoms with van der Waals surface area (Å²) in [5, 5.41) is 8.63. The van der Waals surface area contributed by atoms with Gasteiger partial charge in [0, 0.05) is 0 Å². The van der Waals surface area contributed by atoms with Crippen LogP contribution in [0.25, 0.3) is 0 Å². The van der Waals surface area contributed by atoms with Gasteiger partial charge in [0.05, 0.1) is 11.4 Å². The monoisotopic (exact) mass is 392 g/mol. The van der Waals surface area contributed by atoms with Crippen LogP contribution in [0.2, 0.25) is 0 Å². The van der Waals surface area contributed by atoms with E-state index in [4.69, 9.17) is 0 Å². The fourth-order valence-electron chi connectivity index (χ4n) is 3.47. The minimum absolute atomic E-state index is 0.227. The lowest BCUT2D eigenvalue weighted by atomic mass is 10.0. The van der Waals surface area contributed by atoms with Crippen LogP contribution < -0.4 is 0 Å². The van der Waals surface area contributed by atoms with Gasteiger partial charge in [-0.3, -0.25) is 4.55 Å². The second-order valence-corrected chi connectivity index (χ2v) is 9.64. The number of unbranched alkanes of at least 4 members (excludes halogenated alkanes) is 12. The minimum atomic E-state index is -3.91. The summed E-state index contributed by atoms with van der Waals surface area (Å²) in [6, 6.07) is 0. The van der Waals surface area contributed by atoms with E-state index in [1.807, 2.05) is 6.92 Å². The van der Waals surface area contributed by atoms with E-state index in [9.17, 15) is 18.1 Å². The Hall–Kier alpha value is -0.130. The summed E-state index contributed by atoms with van der Waals surface area (Å²) in [5.74, 6) is 0. The standard InChI is InChI=1S/C21H44O4S/c1-3-4-5-6-7-8-9-12-15-18-21(26(23,24)25)19-16-13-10-11-14-17-20(2)22/h20-22H,3-19H2,1-2H3,(H,23,24,25). The van der Waals surface area contributed by atoms with Crippen LogP contribution >= 0.6 is 0 Å². The predicted molar refractivity (Wildman–Crippen MR) is 111 cm³/mol. The van der Waals surface area contributed by atoms with Gasteiger partial charge in [-0.25, -0.2) is 0 Å². The van der Waals surface area contributed by atoms with Gasteiger partial charge in [0.2, 0.25) is 0 Å². The lowest BCUT2D eigenvalue weighted by Crippen LogP contribution is -2.20. The van der Waals surface area contributed by atoms with Crippen molar-refractivity contribution >= 4 is 10.1 Å². The molecule has 0 aromatic heterocycles. The highest BCUT2D eigenvalue weighted by Gasteiger charge is 2.21. The summed E-state index contributed by atoms with van der Waals surface area (Å²) in [6.45, 7) is 4.03. The molecule has 0 amide bonds. The Bertz CT molecular complexity index is 393. The molecule has 4 nitrogen and oxygen atoms in total. The molecule has 0 radical (unpaired) electrons. The molecule has 0 fully saturated rings. The molecule has 0 aromatic rings. The zero-order valence-electron chi connectivity index (χ0n) is 17.3. The minimum Gasteiger partial charge on any atom is -0.393 e. The van der Waals surface area contributed by atoms with E-state index in [0.29, 0.717) is 12.8 Å². The maximum absolute atomic E-state index is 11.6. The molecule has 5 heteroatoms. The Kier molecular flexibility index (Phi) is 16.9. The van der Waals surface area contributed by atoms with Crippen molar-refractivity contribution in [3.8, 4) is 0 Å². The molecule has 0 spiro atoms. The third-order valence-electron chi connectivity index (χ3n) is 5.20. The average molecular weight is 393 g/mol. The quantitative estimate of drug-likeness (QED) is 0.200. The lowest BCUT2D eigenvalue weighted by Gasteiger charge is -2.14. The van der Waals surface area contributed by atoms with Gasteiger partial charge < -0.3 is 5.11 Å². The molecule has 0 aliphatic heterocycles. The van der Waals surface area contributed by atoms with Gasteiger partial charge in [-0.15, -0.1) is 0 Å². The molecule has 2 atom stereocenters. The third kappa shape index (κ3) is 17.3. The number of hydrogen-bond acceptors (Lipinski definition) is 3. The van der Waals surface area contributed by atoms with Gasteiger partial charge in [-0.05, 0) is 26.2 Å². The van der Waals surface area contributed by atoms with Gasteiger partial charge in [-0.2, -0.15) is 8.42 Å². The van der Waals surface area contributed by atoms with E-state index in [-0.39, 0.29) is 6.10 Å². The molecular formula is C21H44O4S. The van der Waals surface area contributed by atoms with Crippen LogP contribution in [0.1, 0.15) is 123 Å². The zero-order chi connectivity index (χ0) is 19.7. The summed E-state index contributed by atoms with van der Waals surface area (Å²) in [5.41, 5.74) is 0. The molecule has 2 unspecified atom stereocenters. The highest BCUT2D eigenvalue weighted by molar-refractivity contribution is 7.86. The highest BCUT2D eigenvalue weighted by atomic mass is 32.2. The normalized spacial score (nSPS) is 14.5. The summed E-state index contributed by atoms with van der Waals surface area (Å²) >= 11 is 0. The first kappa shape index (κ1) is 25.9.